The van der Waals surface area contributed by atoms with Crippen LogP contribution in [-0.2, 0) is 6.54 Å². The van der Waals surface area contributed by atoms with E-state index in [1.807, 2.05) is 39.8 Å². The van der Waals surface area contributed by atoms with E-state index in [9.17, 15) is 9.90 Å². The first kappa shape index (κ1) is 20.3. The summed E-state index contributed by atoms with van der Waals surface area (Å²) >= 11 is 0. The summed E-state index contributed by atoms with van der Waals surface area (Å²) in [4.78, 5) is 19.2. The van der Waals surface area contributed by atoms with Gasteiger partial charge >= 0.3 is 0 Å². The summed E-state index contributed by atoms with van der Waals surface area (Å²) in [6.07, 6.45) is 4.35. The van der Waals surface area contributed by atoms with Crippen LogP contribution in [0.15, 0.2) is 39.9 Å². The fourth-order valence-electron chi connectivity index (χ4n) is 3.85. The van der Waals surface area contributed by atoms with E-state index in [1.54, 1.807) is 18.5 Å². The molecule has 30 heavy (non-hydrogen) atoms. The van der Waals surface area contributed by atoms with E-state index in [1.165, 1.54) is 4.68 Å². The van der Waals surface area contributed by atoms with Gasteiger partial charge in [0.1, 0.15) is 11.5 Å². The van der Waals surface area contributed by atoms with Crippen LogP contribution in [0.25, 0.3) is 11.3 Å². The molecule has 1 atom stereocenters. The first-order chi connectivity index (χ1) is 14.2. The predicted octanol–water partition coefficient (Wildman–Crippen LogP) is 2.56. The molecule has 8 heteroatoms. The lowest BCUT2D eigenvalue weighted by atomic mass is 9.90. The highest BCUT2D eigenvalue weighted by atomic mass is 16.5. The summed E-state index contributed by atoms with van der Waals surface area (Å²) in [5.41, 5.74) is 3.11. The molecule has 0 unspecified atom stereocenters. The van der Waals surface area contributed by atoms with Crippen molar-refractivity contribution in [3.63, 3.8) is 0 Å². The van der Waals surface area contributed by atoms with E-state index in [2.05, 4.69) is 20.1 Å². The van der Waals surface area contributed by atoms with Crippen LogP contribution >= 0.6 is 0 Å². The molecule has 0 bridgehead atoms. The normalized spacial score (nSPS) is 17.0. The zero-order valence-corrected chi connectivity index (χ0v) is 17.8. The van der Waals surface area contributed by atoms with Crippen LogP contribution in [0.3, 0.4) is 0 Å². The summed E-state index contributed by atoms with van der Waals surface area (Å²) in [5, 5.41) is 18.8. The molecule has 4 rings (SSSR count). The lowest BCUT2D eigenvalue weighted by molar-refractivity contribution is 0.0263. The summed E-state index contributed by atoms with van der Waals surface area (Å²) in [5.74, 6) is 0.821. The van der Waals surface area contributed by atoms with Gasteiger partial charge in [-0.05, 0) is 46.2 Å². The molecule has 3 aromatic rings. The Kier molecular flexibility index (Phi) is 5.19. The number of anilines is 1. The number of aryl methyl sites for hydroxylation is 2. The second kappa shape index (κ2) is 7.68. The van der Waals surface area contributed by atoms with Gasteiger partial charge in [0.15, 0.2) is 0 Å². The molecule has 0 aliphatic carbocycles. The molecule has 1 aliphatic heterocycles. The molecule has 3 aromatic heterocycles. The lowest BCUT2D eigenvalue weighted by Gasteiger charge is -2.26. The smallest absolute Gasteiger partial charge is 0.269 e. The van der Waals surface area contributed by atoms with E-state index in [0.29, 0.717) is 18.0 Å². The number of pyridine rings is 1. The van der Waals surface area contributed by atoms with Gasteiger partial charge in [-0.25, -0.2) is 4.68 Å². The Hall–Kier alpha value is -3.00. The molecule has 1 fully saturated rings. The fraction of sp³-hybridized carbons (Fsp3) is 0.455. The van der Waals surface area contributed by atoms with Gasteiger partial charge in [-0.15, -0.1) is 0 Å². The number of aliphatic hydroxyl groups is 1. The lowest BCUT2D eigenvalue weighted by Crippen LogP contribution is -2.34. The van der Waals surface area contributed by atoms with Crippen molar-refractivity contribution in [2.24, 2.45) is 5.92 Å². The monoisotopic (exact) mass is 409 g/mol. The van der Waals surface area contributed by atoms with Crippen molar-refractivity contribution >= 4 is 5.69 Å². The third-order valence-electron chi connectivity index (χ3n) is 5.88. The molecular weight excluding hydrogens is 382 g/mol. The molecular formula is C22H27N5O3. The van der Waals surface area contributed by atoms with Crippen LogP contribution < -0.4 is 10.5 Å². The Morgan fingerprint density at radius 2 is 2.07 bits per heavy atom. The topological polar surface area (TPSA) is 97.3 Å². The summed E-state index contributed by atoms with van der Waals surface area (Å²) < 4.78 is 6.80. The van der Waals surface area contributed by atoms with Gasteiger partial charge in [-0.2, -0.15) is 5.10 Å². The van der Waals surface area contributed by atoms with E-state index in [-0.39, 0.29) is 18.0 Å². The van der Waals surface area contributed by atoms with Crippen molar-refractivity contribution in [3.8, 4) is 11.3 Å². The molecule has 158 valence electrons. The first-order valence-corrected chi connectivity index (χ1v) is 10.1. The maximum atomic E-state index is 12.8. The standard InChI is InChI=1S/C22H27N5O3/c1-14-5-6-16(10-23-14)21-19(15(2)30-25-21)13-27-20(28)9-18(11-24-27)26-8-7-17(12-26)22(3,4)29/h5-6,9-11,17,29H,7-8,12-13H2,1-4H3/t17-/m0/s1. The average Bonchev–Trinajstić information content (AvgIpc) is 3.32. The third-order valence-corrected chi connectivity index (χ3v) is 5.88. The van der Waals surface area contributed by atoms with Gasteiger partial charge in [-0.3, -0.25) is 9.78 Å². The van der Waals surface area contributed by atoms with Crippen molar-refractivity contribution in [2.45, 2.75) is 46.3 Å². The molecule has 1 saturated heterocycles. The van der Waals surface area contributed by atoms with Crippen LogP contribution in [-0.4, -0.2) is 43.7 Å². The Morgan fingerprint density at radius 3 is 2.70 bits per heavy atom. The van der Waals surface area contributed by atoms with Crippen molar-refractivity contribution in [1.82, 2.24) is 19.9 Å². The van der Waals surface area contributed by atoms with Gasteiger partial charge in [0.05, 0.1) is 24.0 Å². The largest absolute Gasteiger partial charge is 0.390 e. The van der Waals surface area contributed by atoms with Gasteiger partial charge in [0.25, 0.3) is 5.56 Å². The molecule has 0 amide bonds. The van der Waals surface area contributed by atoms with E-state index < -0.39 is 5.60 Å². The quantitative estimate of drug-likeness (QED) is 0.692. The van der Waals surface area contributed by atoms with Crippen LogP contribution in [0.5, 0.6) is 0 Å². The number of hydrogen-bond acceptors (Lipinski definition) is 7. The Morgan fingerprint density at radius 1 is 1.27 bits per heavy atom. The highest BCUT2D eigenvalue weighted by Gasteiger charge is 2.33. The maximum Gasteiger partial charge on any atom is 0.269 e. The van der Waals surface area contributed by atoms with Crippen LogP contribution in [0.4, 0.5) is 5.69 Å². The van der Waals surface area contributed by atoms with Crippen LogP contribution in [0.2, 0.25) is 0 Å². The van der Waals surface area contributed by atoms with Gasteiger partial charge < -0.3 is 14.5 Å². The number of hydrogen-bond donors (Lipinski definition) is 1. The predicted molar refractivity (Wildman–Crippen MR) is 113 cm³/mol. The Labute approximate surface area is 175 Å². The molecule has 1 aliphatic rings. The second-order valence-electron chi connectivity index (χ2n) is 8.55. The zero-order valence-electron chi connectivity index (χ0n) is 17.8. The average molecular weight is 409 g/mol. The van der Waals surface area contributed by atoms with Crippen molar-refractivity contribution in [1.29, 1.82) is 0 Å². The minimum atomic E-state index is -0.732. The molecule has 8 nitrogen and oxygen atoms in total. The van der Waals surface area contributed by atoms with E-state index >= 15 is 0 Å². The highest BCUT2D eigenvalue weighted by Crippen LogP contribution is 2.30. The van der Waals surface area contributed by atoms with E-state index in [4.69, 9.17) is 4.52 Å². The second-order valence-corrected chi connectivity index (χ2v) is 8.55. The summed E-state index contributed by atoms with van der Waals surface area (Å²) in [7, 11) is 0. The summed E-state index contributed by atoms with van der Waals surface area (Å²) in [6, 6.07) is 5.46. The number of nitrogens with zero attached hydrogens (tertiary/aromatic N) is 5. The third kappa shape index (κ3) is 4.00. The highest BCUT2D eigenvalue weighted by molar-refractivity contribution is 5.62. The number of aromatic nitrogens is 4. The molecule has 0 aromatic carbocycles. The Bertz CT molecular complexity index is 1100. The van der Waals surface area contributed by atoms with Gasteiger partial charge in [0.2, 0.25) is 0 Å². The maximum absolute atomic E-state index is 12.8. The zero-order chi connectivity index (χ0) is 21.5. The van der Waals surface area contributed by atoms with Crippen molar-refractivity contribution < 1.29 is 9.63 Å². The van der Waals surface area contributed by atoms with Gasteiger partial charge in [0, 0.05) is 48.1 Å². The SMILES string of the molecule is Cc1ccc(-c2noc(C)c2Cn2ncc(N3CC[C@H](C(C)(C)O)C3)cc2=O)cn1. The number of rotatable bonds is 5. The van der Waals surface area contributed by atoms with Gasteiger partial charge in [-0.1, -0.05) is 5.16 Å². The molecule has 0 spiro atoms. The molecule has 0 saturated carbocycles. The molecule has 0 radical (unpaired) electrons. The van der Waals surface area contributed by atoms with Crippen LogP contribution in [0.1, 0.15) is 37.3 Å². The van der Waals surface area contributed by atoms with Crippen LogP contribution in [0, 0.1) is 19.8 Å². The van der Waals surface area contributed by atoms with Crippen molar-refractivity contribution in [3.05, 3.63) is 58.0 Å². The molecule has 1 N–H and O–H groups in total. The molecule has 4 heterocycles. The first-order valence-electron chi connectivity index (χ1n) is 10.1. The minimum Gasteiger partial charge on any atom is -0.390 e. The van der Waals surface area contributed by atoms with E-state index in [0.717, 1.165) is 35.5 Å². The Balaban J connectivity index is 1.57. The fourth-order valence-corrected chi connectivity index (χ4v) is 3.85. The summed E-state index contributed by atoms with van der Waals surface area (Å²) in [6.45, 7) is 9.20. The van der Waals surface area contributed by atoms with Crippen molar-refractivity contribution in [2.75, 3.05) is 18.0 Å². The minimum absolute atomic E-state index is 0.172.